The van der Waals surface area contributed by atoms with Crippen molar-refractivity contribution in [1.29, 1.82) is 0 Å². The molecule has 25 heteroatoms. The van der Waals surface area contributed by atoms with Gasteiger partial charge in [-0.3, -0.25) is 67.1 Å². The Morgan fingerprint density at radius 2 is 1.07 bits per heavy atom. The number of hydrogen-bond acceptors (Lipinski definition) is 17. The highest BCUT2D eigenvalue weighted by Crippen LogP contribution is 2.27. The van der Waals surface area contributed by atoms with Gasteiger partial charge in [-0.15, -0.1) is 0 Å². The molecule has 0 fully saturated rings. The van der Waals surface area contributed by atoms with Crippen LogP contribution < -0.4 is 49.5 Å². The molecule has 0 saturated heterocycles. The van der Waals surface area contributed by atoms with Crippen LogP contribution in [0.4, 0.5) is 0 Å². The maximum absolute atomic E-state index is 14.2. The lowest BCUT2D eigenvalue weighted by Crippen LogP contribution is -2.56. The fraction of sp³-hybridized carbons (Fsp3) is 0.742. The average Bonchev–Trinajstić information content (AvgIpc) is 1.78. The predicted octanol–water partition coefficient (Wildman–Crippen LogP) is 2.64. The maximum Gasteiger partial charge on any atom is 0.304 e. The molecule has 7 amide bonds. The number of unbranched alkanes of at least 4 members (excludes halogenated alkanes) is 2. The smallest absolute Gasteiger partial charge is 0.304 e. The number of nitrogens with two attached hydrogens (primary N) is 4. The first kappa shape index (κ1) is 80.4. The maximum atomic E-state index is 14.2. The molecule has 0 unspecified atom stereocenters. The molecule has 25 nitrogen and oxygen atoms in total. The Morgan fingerprint density at radius 1 is 0.552 bits per heavy atom. The Hall–Kier alpha value is -6.60. The Labute approximate surface area is 513 Å². The molecule has 0 aromatic heterocycles. The van der Waals surface area contributed by atoms with Crippen molar-refractivity contribution in [3.05, 3.63) is 12.2 Å². The minimum atomic E-state index is -1.60. The highest BCUT2D eigenvalue weighted by atomic mass is 16.4. The summed E-state index contributed by atoms with van der Waals surface area (Å²) < 4.78 is 0. The molecule has 0 heterocycles. The van der Waals surface area contributed by atoms with Crippen LogP contribution in [0.2, 0.25) is 0 Å². The van der Waals surface area contributed by atoms with E-state index in [4.69, 9.17) is 22.9 Å². The summed E-state index contributed by atoms with van der Waals surface area (Å²) in [6.45, 7) is 23.4. The lowest BCUT2D eigenvalue weighted by atomic mass is 9.80. The number of carbonyl (C=O) groups is 14. The number of hydrogen-bond donors (Lipinski definition) is 11. The second kappa shape index (κ2) is 38.6. The Balaban J connectivity index is 6.26. The molecule has 494 valence electrons. The fourth-order valence-corrected chi connectivity index (χ4v) is 10.2. The van der Waals surface area contributed by atoms with E-state index in [2.05, 4.69) is 26.6 Å². The molecule has 0 saturated carbocycles. The molecule has 0 aliphatic carbocycles. The van der Waals surface area contributed by atoms with Crippen LogP contribution >= 0.6 is 0 Å². The van der Waals surface area contributed by atoms with Crippen LogP contribution in [-0.4, -0.2) is 140 Å². The monoisotopic (exact) mass is 1230 g/mol. The first-order valence-electron chi connectivity index (χ1n) is 30.5. The molecular weight excluding hydrogens is 1130 g/mol. The van der Waals surface area contributed by atoms with Gasteiger partial charge in [0, 0.05) is 67.7 Å². The van der Waals surface area contributed by atoms with Gasteiger partial charge < -0.3 is 59.7 Å². The number of primary amides is 3. The Kier molecular flexibility index (Phi) is 35.7. The van der Waals surface area contributed by atoms with Crippen LogP contribution in [0.15, 0.2) is 12.2 Å². The number of allylic oxidation sites excluding steroid dienone is 2. The first-order valence-corrected chi connectivity index (χ1v) is 30.5. The highest BCUT2D eigenvalue weighted by Gasteiger charge is 2.41. The molecule has 0 spiro atoms. The zero-order chi connectivity index (χ0) is 67.4. The topological polar surface area (TPSA) is 444 Å². The van der Waals surface area contributed by atoms with Gasteiger partial charge in [0.15, 0.2) is 34.7 Å². The normalized spacial score (nSPS) is 16.6. The lowest BCUT2D eigenvalue weighted by molar-refractivity contribution is -0.144. The van der Waals surface area contributed by atoms with Gasteiger partial charge in [0.05, 0.1) is 66.5 Å². The Morgan fingerprint density at radius 3 is 1.53 bits per heavy atom. The first-order chi connectivity index (χ1) is 40.1. The molecule has 0 aromatic rings. The van der Waals surface area contributed by atoms with E-state index in [0.29, 0.717) is 38.5 Å². The van der Waals surface area contributed by atoms with Crippen LogP contribution in [0.3, 0.4) is 0 Å². The minimum Gasteiger partial charge on any atom is -0.481 e. The largest absolute Gasteiger partial charge is 0.481 e. The van der Waals surface area contributed by atoms with E-state index in [0.717, 1.165) is 0 Å². The van der Waals surface area contributed by atoms with Gasteiger partial charge in [-0.1, -0.05) is 80.9 Å². The van der Waals surface area contributed by atoms with Gasteiger partial charge in [0.1, 0.15) is 0 Å². The third kappa shape index (κ3) is 29.3. The lowest BCUT2D eigenvalue weighted by Gasteiger charge is -2.34. The molecule has 0 radical (unpaired) electrons. The number of carboxylic acids is 1. The summed E-state index contributed by atoms with van der Waals surface area (Å²) in [7, 11) is 0. The van der Waals surface area contributed by atoms with Gasteiger partial charge in [0.2, 0.25) is 41.4 Å². The number of ketones is 6. The van der Waals surface area contributed by atoms with Crippen molar-refractivity contribution in [2.45, 2.75) is 247 Å². The van der Waals surface area contributed by atoms with E-state index >= 15 is 0 Å². The molecule has 0 rings (SSSR count). The van der Waals surface area contributed by atoms with Crippen molar-refractivity contribution >= 4 is 82.0 Å². The number of aliphatic carboxylic acids is 1. The van der Waals surface area contributed by atoms with Gasteiger partial charge in [-0.25, -0.2) is 0 Å². The van der Waals surface area contributed by atoms with Crippen molar-refractivity contribution in [3.8, 4) is 0 Å². The minimum absolute atomic E-state index is 0.0915. The summed E-state index contributed by atoms with van der Waals surface area (Å²) in [5.41, 5.74) is 19.3. The standard InChI is InChI=1S/C62H105N9O16/c1-15-37(10)54(69-57(84)38(11)26-45(73)43(31-50(64)78)67-58(85)40(22-23-49(63)77)27-46(74)53(66)39(12)72)47(75)28-41(29-52(80)81)59(86)71-62(14,56(83)35(6)7)25-21-19-17-16-18-20-24-61(13,70-36(8)9)48(76)30-42(33(2)3)60(87)68-44(32-51(65)79)55(82)34(4)5/h16-17,33-44,53-54,70,72H,15,18-32,66H2,1-14H3,(H2,63,77)(H2,64,78)(H2,65,79)(H,67,85)(H,68,87)(H,69,84)(H,71,86)(H,80,81)/b17-16-/t37-,38+,39+,40+,41-,42-,43-,44-,53-,54-,61-,62-/m0/s1. The SMILES string of the molecule is CC[C@H](C)[C@H](NC(=O)[C@H](C)CC(=O)[C@H](CC(N)=O)NC(=O)[C@H](CCC(N)=O)CC(=O)[C@@H](N)[C@@H](C)O)C(=O)C[C@@H](CC(=O)O)C(=O)N[C@@](C)(CCC/C=C\CCC[C@](C)(NC(C)C)C(=O)C[C@H](C(=O)N[C@@H](CC(N)=O)C(=O)C(C)C)C(C)C)C(=O)C(C)C. The summed E-state index contributed by atoms with van der Waals surface area (Å²) in [6.07, 6.45) is 1.07. The second-order valence-corrected chi connectivity index (χ2v) is 25.3. The quantitative estimate of drug-likeness (QED) is 0.0308. The Bertz CT molecular complexity index is 2440. The number of amides is 7. The van der Waals surface area contributed by atoms with E-state index in [-0.39, 0.29) is 61.4 Å². The van der Waals surface area contributed by atoms with Crippen molar-refractivity contribution < 1.29 is 77.3 Å². The van der Waals surface area contributed by atoms with Crippen molar-refractivity contribution in [2.75, 3.05) is 0 Å². The van der Waals surface area contributed by atoms with Gasteiger partial charge in [0.25, 0.3) is 0 Å². The number of carboxylic acid groups (broad SMARTS) is 1. The molecule has 12 atom stereocenters. The zero-order valence-corrected chi connectivity index (χ0v) is 54.0. The van der Waals surface area contributed by atoms with Crippen molar-refractivity contribution in [3.63, 3.8) is 0 Å². The van der Waals surface area contributed by atoms with Crippen LogP contribution in [0, 0.1) is 47.3 Å². The van der Waals surface area contributed by atoms with E-state index in [1.165, 1.54) is 20.8 Å². The number of carbonyl (C=O) groups excluding carboxylic acids is 13. The third-order valence-corrected chi connectivity index (χ3v) is 15.7. The molecule has 15 N–H and O–H groups in total. The number of Topliss-reactive ketones (excluding diaryl/α,β-unsaturated/α-hetero) is 6. The van der Waals surface area contributed by atoms with Gasteiger partial charge >= 0.3 is 5.97 Å². The molecule has 0 aromatic carbocycles. The third-order valence-electron chi connectivity index (χ3n) is 15.7. The number of aliphatic hydroxyl groups is 1. The van der Waals surface area contributed by atoms with Gasteiger partial charge in [-0.2, -0.15) is 0 Å². The summed E-state index contributed by atoms with van der Waals surface area (Å²) >= 11 is 0. The van der Waals surface area contributed by atoms with E-state index < -0.39 is 180 Å². The summed E-state index contributed by atoms with van der Waals surface area (Å²) in [6, 6.07) is -5.46. The van der Waals surface area contributed by atoms with E-state index in [1.807, 2.05) is 26.0 Å². The number of aliphatic hydroxyl groups excluding tert-OH is 1. The molecule has 0 aliphatic heterocycles. The van der Waals surface area contributed by atoms with Crippen LogP contribution in [0.5, 0.6) is 0 Å². The summed E-state index contributed by atoms with van der Waals surface area (Å²) in [4.78, 5) is 184. The van der Waals surface area contributed by atoms with Crippen LogP contribution in [0.25, 0.3) is 0 Å². The summed E-state index contributed by atoms with van der Waals surface area (Å²) in [5, 5.41) is 33.6. The van der Waals surface area contributed by atoms with Crippen LogP contribution in [-0.2, 0) is 67.1 Å². The predicted molar refractivity (Wildman–Crippen MR) is 326 cm³/mol. The summed E-state index contributed by atoms with van der Waals surface area (Å²) in [5.74, 6) is -16.9. The van der Waals surface area contributed by atoms with Gasteiger partial charge in [-0.05, 0) is 91.4 Å². The number of nitrogens with one attached hydrogen (secondary N) is 5. The molecule has 87 heavy (non-hydrogen) atoms. The molecule has 0 bridgehead atoms. The molecule has 0 aliphatic rings. The second-order valence-electron chi connectivity index (χ2n) is 25.3. The van der Waals surface area contributed by atoms with E-state index in [1.54, 1.807) is 62.3 Å². The average molecular weight is 1230 g/mol. The van der Waals surface area contributed by atoms with E-state index in [9.17, 15) is 77.3 Å². The van der Waals surface area contributed by atoms with Crippen molar-refractivity contribution in [1.82, 2.24) is 26.6 Å². The zero-order valence-electron chi connectivity index (χ0n) is 54.0. The van der Waals surface area contributed by atoms with Crippen LogP contribution in [0.1, 0.15) is 200 Å². The molecular formula is C62H105N9O16. The highest BCUT2D eigenvalue weighted by molar-refractivity contribution is 6.00. The number of rotatable bonds is 47. The fourth-order valence-electron chi connectivity index (χ4n) is 10.2. The van der Waals surface area contributed by atoms with Crippen molar-refractivity contribution in [2.24, 2.45) is 70.3 Å².